The molecule has 3 rings (SSSR count). The van der Waals surface area contributed by atoms with E-state index in [1.54, 1.807) is 7.11 Å². The van der Waals surface area contributed by atoms with Crippen LogP contribution in [0.1, 0.15) is 24.0 Å². The van der Waals surface area contributed by atoms with E-state index in [1.807, 2.05) is 24.3 Å². The van der Waals surface area contributed by atoms with Crippen LogP contribution in [0.25, 0.3) is 0 Å². The van der Waals surface area contributed by atoms with Crippen LogP contribution in [0.5, 0.6) is 11.5 Å². The predicted octanol–water partition coefficient (Wildman–Crippen LogP) is 3.23. The topological polar surface area (TPSA) is 47.6 Å². The van der Waals surface area contributed by atoms with Crippen LogP contribution in [0.4, 0.5) is 0 Å². The predicted molar refractivity (Wildman–Crippen MR) is 93.6 cm³/mol. The molecule has 0 unspecified atom stereocenters. The van der Waals surface area contributed by atoms with Crippen molar-refractivity contribution in [3.63, 3.8) is 0 Å². The molecule has 0 saturated heterocycles. The molecule has 24 heavy (non-hydrogen) atoms. The standard InChI is InChI=1S/C20H23NO3/c1-15-3-5-16(6-4-15)20(11-12-20)19(22)21-13-14-24-18-9-7-17(23-2)8-10-18/h3-10H,11-14H2,1-2H3,(H,21,22). The maximum atomic E-state index is 12.5. The average Bonchev–Trinajstić information content (AvgIpc) is 3.41. The summed E-state index contributed by atoms with van der Waals surface area (Å²) in [6, 6.07) is 15.7. The molecule has 1 aliphatic rings. The molecule has 0 radical (unpaired) electrons. The number of amides is 1. The Balaban J connectivity index is 1.48. The number of ether oxygens (including phenoxy) is 2. The molecule has 4 heteroatoms. The summed E-state index contributed by atoms with van der Waals surface area (Å²) < 4.78 is 10.7. The van der Waals surface area contributed by atoms with Gasteiger partial charge in [-0.15, -0.1) is 0 Å². The number of nitrogens with one attached hydrogen (secondary N) is 1. The fourth-order valence-electron chi connectivity index (χ4n) is 2.82. The van der Waals surface area contributed by atoms with Crippen LogP contribution >= 0.6 is 0 Å². The second kappa shape index (κ2) is 6.95. The Morgan fingerprint density at radius 3 is 2.25 bits per heavy atom. The van der Waals surface area contributed by atoms with Crippen molar-refractivity contribution >= 4 is 5.91 Å². The molecule has 1 amide bonds. The van der Waals surface area contributed by atoms with Gasteiger partial charge < -0.3 is 14.8 Å². The molecule has 0 bridgehead atoms. The van der Waals surface area contributed by atoms with Gasteiger partial charge >= 0.3 is 0 Å². The summed E-state index contributed by atoms with van der Waals surface area (Å²) in [4.78, 5) is 12.5. The molecule has 0 aromatic heterocycles. The molecule has 1 aliphatic carbocycles. The van der Waals surface area contributed by atoms with Crippen molar-refractivity contribution in [3.8, 4) is 11.5 Å². The van der Waals surface area contributed by atoms with E-state index in [1.165, 1.54) is 5.56 Å². The van der Waals surface area contributed by atoms with Gasteiger partial charge in [-0.1, -0.05) is 29.8 Å². The average molecular weight is 325 g/mol. The molecule has 1 N–H and O–H groups in total. The van der Waals surface area contributed by atoms with E-state index >= 15 is 0 Å². The number of hydrogen-bond acceptors (Lipinski definition) is 3. The fraction of sp³-hybridized carbons (Fsp3) is 0.350. The van der Waals surface area contributed by atoms with Gasteiger partial charge in [-0.05, 0) is 49.6 Å². The summed E-state index contributed by atoms with van der Waals surface area (Å²) in [6.45, 7) is 3.00. The van der Waals surface area contributed by atoms with E-state index in [-0.39, 0.29) is 11.3 Å². The lowest BCUT2D eigenvalue weighted by Gasteiger charge is -2.16. The van der Waals surface area contributed by atoms with Crippen LogP contribution in [0.15, 0.2) is 48.5 Å². The first kappa shape index (κ1) is 16.4. The second-order valence-corrected chi connectivity index (χ2v) is 6.23. The Bertz CT molecular complexity index is 688. The number of carbonyl (C=O) groups is 1. The van der Waals surface area contributed by atoms with Crippen molar-refractivity contribution in [2.24, 2.45) is 0 Å². The minimum absolute atomic E-state index is 0.102. The lowest BCUT2D eigenvalue weighted by molar-refractivity contribution is -0.123. The number of benzene rings is 2. The molecule has 0 heterocycles. The highest BCUT2D eigenvalue weighted by molar-refractivity contribution is 5.91. The van der Waals surface area contributed by atoms with Gasteiger partial charge in [-0.3, -0.25) is 4.79 Å². The van der Waals surface area contributed by atoms with Gasteiger partial charge in [0, 0.05) is 0 Å². The third-order valence-corrected chi connectivity index (χ3v) is 4.50. The van der Waals surface area contributed by atoms with Gasteiger partial charge in [0.2, 0.25) is 5.91 Å². The molecule has 0 spiro atoms. The summed E-state index contributed by atoms with van der Waals surface area (Å²) >= 11 is 0. The normalized spacial score (nSPS) is 14.8. The number of carbonyl (C=O) groups excluding carboxylic acids is 1. The van der Waals surface area contributed by atoms with E-state index in [0.717, 1.165) is 29.9 Å². The Labute approximate surface area is 142 Å². The molecular formula is C20H23NO3. The zero-order valence-corrected chi connectivity index (χ0v) is 14.2. The molecule has 126 valence electrons. The van der Waals surface area contributed by atoms with Crippen LogP contribution in [0.3, 0.4) is 0 Å². The van der Waals surface area contributed by atoms with E-state index in [4.69, 9.17) is 9.47 Å². The fourth-order valence-corrected chi connectivity index (χ4v) is 2.82. The molecule has 0 atom stereocenters. The lowest BCUT2D eigenvalue weighted by atomic mass is 9.94. The number of methoxy groups -OCH3 is 1. The molecule has 0 aliphatic heterocycles. The number of hydrogen-bond donors (Lipinski definition) is 1. The highest BCUT2D eigenvalue weighted by Crippen LogP contribution is 2.48. The Morgan fingerprint density at radius 2 is 1.67 bits per heavy atom. The lowest BCUT2D eigenvalue weighted by Crippen LogP contribution is -2.37. The maximum Gasteiger partial charge on any atom is 0.230 e. The molecular weight excluding hydrogens is 302 g/mol. The van der Waals surface area contributed by atoms with Crippen LogP contribution in [-0.2, 0) is 10.2 Å². The van der Waals surface area contributed by atoms with E-state index < -0.39 is 0 Å². The van der Waals surface area contributed by atoms with Crippen molar-refractivity contribution < 1.29 is 14.3 Å². The summed E-state index contributed by atoms with van der Waals surface area (Å²) in [5.41, 5.74) is 2.00. The number of aryl methyl sites for hydroxylation is 1. The van der Waals surface area contributed by atoms with Crippen molar-refractivity contribution in [1.82, 2.24) is 5.32 Å². The molecule has 1 saturated carbocycles. The summed E-state index contributed by atoms with van der Waals surface area (Å²) in [7, 11) is 1.63. The SMILES string of the molecule is COc1ccc(OCCNC(=O)C2(c3ccc(C)cc3)CC2)cc1. The monoisotopic (exact) mass is 325 g/mol. The van der Waals surface area contributed by atoms with Crippen molar-refractivity contribution in [2.45, 2.75) is 25.2 Å². The largest absolute Gasteiger partial charge is 0.497 e. The van der Waals surface area contributed by atoms with E-state index in [9.17, 15) is 4.79 Å². The van der Waals surface area contributed by atoms with Crippen molar-refractivity contribution in [3.05, 3.63) is 59.7 Å². The van der Waals surface area contributed by atoms with Gasteiger partial charge in [0.25, 0.3) is 0 Å². The molecule has 4 nitrogen and oxygen atoms in total. The Kier molecular flexibility index (Phi) is 4.74. The molecule has 1 fully saturated rings. The van der Waals surface area contributed by atoms with Crippen LogP contribution < -0.4 is 14.8 Å². The highest BCUT2D eigenvalue weighted by Gasteiger charge is 2.50. The maximum absolute atomic E-state index is 12.5. The summed E-state index contributed by atoms with van der Waals surface area (Å²) in [5.74, 6) is 1.67. The van der Waals surface area contributed by atoms with Crippen molar-refractivity contribution in [1.29, 1.82) is 0 Å². The van der Waals surface area contributed by atoms with Gasteiger partial charge in [0.15, 0.2) is 0 Å². The number of rotatable bonds is 7. The minimum atomic E-state index is -0.326. The second-order valence-electron chi connectivity index (χ2n) is 6.23. The first-order chi connectivity index (χ1) is 11.6. The van der Waals surface area contributed by atoms with E-state index in [2.05, 4.69) is 36.5 Å². The first-order valence-corrected chi connectivity index (χ1v) is 8.26. The van der Waals surface area contributed by atoms with Crippen LogP contribution in [-0.4, -0.2) is 26.2 Å². The van der Waals surface area contributed by atoms with Crippen LogP contribution in [0.2, 0.25) is 0 Å². The minimum Gasteiger partial charge on any atom is -0.497 e. The Morgan fingerprint density at radius 1 is 1.04 bits per heavy atom. The smallest absolute Gasteiger partial charge is 0.230 e. The third-order valence-electron chi connectivity index (χ3n) is 4.50. The zero-order chi connectivity index (χ0) is 17.0. The van der Waals surface area contributed by atoms with Gasteiger partial charge in [0.05, 0.1) is 19.1 Å². The van der Waals surface area contributed by atoms with Gasteiger partial charge in [0.1, 0.15) is 18.1 Å². The summed E-state index contributed by atoms with van der Waals surface area (Å²) in [5, 5.41) is 3.00. The molecule has 2 aromatic carbocycles. The summed E-state index contributed by atoms with van der Waals surface area (Å²) in [6.07, 6.45) is 1.84. The highest BCUT2D eigenvalue weighted by atomic mass is 16.5. The molecule has 2 aromatic rings. The zero-order valence-electron chi connectivity index (χ0n) is 14.2. The quantitative estimate of drug-likeness (QED) is 0.795. The van der Waals surface area contributed by atoms with Gasteiger partial charge in [-0.2, -0.15) is 0 Å². The van der Waals surface area contributed by atoms with E-state index in [0.29, 0.717) is 13.2 Å². The van der Waals surface area contributed by atoms with Crippen LogP contribution in [0, 0.1) is 6.92 Å². The third kappa shape index (κ3) is 3.53. The Hall–Kier alpha value is -2.49. The first-order valence-electron chi connectivity index (χ1n) is 8.26. The van der Waals surface area contributed by atoms with Gasteiger partial charge in [-0.25, -0.2) is 0 Å². The van der Waals surface area contributed by atoms with Crippen molar-refractivity contribution in [2.75, 3.05) is 20.3 Å².